The molecule has 1 saturated heterocycles. The summed E-state index contributed by atoms with van der Waals surface area (Å²) in [5, 5.41) is 7.35. The third kappa shape index (κ3) is 2.67. The van der Waals surface area contributed by atoms with E-state index in [9.17, 15) is 9.59 Å². The number of carbonyl (C=O) groups is 2. The molecule has 2 amide bonds. The van der Waals surface area contributed by atoms with E-state index in [1.807, 2.05) is 24.3 Å². The van der Waals surface area contributed by atoms with E-state index < -0.39 is 5.54 Å². The van der Waals surface area contributed by atoms with Crippen molar-refractivity contribution in [3.8, 4) is 0 Å². The van der Waals surface area contributed by atoms with Gasteiger partial charge >= 0.3 is 0 Å². The van der Waals surface area contributed by atoms with Gasteiger partial charge in [-0.05, 0) is 31.0 Å². The number of para-hydroxylation sites is 1. The van der Waals surface area contributed by atoms with Crippen molar-refractivity contribution in [3.05, 3.63) is 69.3 Å². The number of benzene rings is 2. The first-order valence-electron chi connectivity index (χ1n) is 9.61. The Hall–Kier alpha value is -2.83. The lowest BCUT2D eigenvalue weighted by molar-refractivity contribution is -0.165. The Morgan fingerprint density at radius 1 is 1.13 bits per heavy atom. The normalized spacial score (nSPS) is 21.4. The van der Waals surface area contributed by atoms with Crippen molar-refractivity contribution < 1.29 is 9.59 Å². The second kappa shape index (κ2) is 6.86. The minimum absolute atomic E-state index is 0.112. The molecule has 2 aromatic carbocycles. The van der Waals surface area contributed by atoms with Gasteiger partial charge in [-0.1, -0.05) is 53.5 Å². The van der Waals surface area contributed by atoms with Crippen molar-refractivity contribution in [2.45, 2.75) is 18.9 Å². The predicted molar refractivity (Wildman–Crippen MR) is 117 cm³/mol. The van der Waals surface area contributed by atoms with Crippen molar-refractivity contribution in [3.63, 3.8) is 0 Å². The molecular formula is C22H18Cl2N4O2. The van der Waals surface area contributed by atoms with Gasteiger partial charge in [0.15, 0.2) is 5.54 Å². The van der Waals surface area contributed by atoms with Crippen LogP contribution in [0.1, 0.15) is 23.7 Å². The van der Waals surface area contributed by atoms with E-state index in [-0.39, 0.29) is 18.4 Å². The zero-order valence-corrected chi connectivity index (χ0v) is 17.7. The molecule has 1 N–H and O–H groups in total. The molecule has 2 aliphatic rings. The number of piperazine rings is 1. The van der Waals surface area contributed by atoms with E-state index in [2.05, 4.69) is 10.1 Å². The van der Waals surface area contributed by atoms with Crippen molar-refractivity contribution in [1.29, 1.82) is 0 Å². The first kappa shape index (κ1) is 19.2. The highest BCUT2D eigenvalue weighted by Gasteiger charge is 2.54. The molecule has 152 valence electrons. The van der Waals surface area contributed by atoms with Crippen LogP contribution < -0.4 is 0 Å². The van der Waals surface area contributed by atoms with E-state index in [0.717, 1.165) is 22.2 Å². The topological polar surface area (TPSA) is 68.8 Å². The number of rotatable bonds is 2. The summed E-state index contributed by atoms with van der Waals surface area (Å²) in [5.74, 6) is -0.403. The van der Waals surface area contributed by atoms with Crippen LogP contribution in [0.5, 0.6) is 0 Å². The molecule has 0 bridgehead atoms. The number of nitrogens with zero attached hydrogens (tertiary/aromatic N) is 3. The molecule has 6 nitrogen and oxygen atoms in total. The fourth-order valence-corrected chi connectivity index (χ4v) is 4.79. The molecule has 5 rings (SSSR count). The third-order valence-corrected chi connectivity index (χ3v) is 6.81. The fourth-order valence-electron chi connectivity index (χ4n) is 4.44. The Labute approximate surface area is 183 Å². The average Bonchev–Trinajstić information content (AvgIpc) is 3.12. The van der Waals surface area contributed by atoms with Gasteiger partial charge in [0.05, 0.1) is 22.0 Å². The number of halogens is 2. The maximum Gasteiger partial charge on any atom is 0.275 e. The molecule has 3 aromatic rings. The maximum absolute atomic E-state index is 13.6. The number of H-pyrrole nitrogens is 1. The van der Waals surface area contributed by atoms with E-state index >= 15 is 0 Å². The molecule has 8 heteroatoms. The van der Waals surface area contributed by atoms with Gasteiger partial charge in [-0.3, -0.25) is 9.59 Å². The van der Waals surface area contributed by atoms with Gasteiger partial charge in [0.1, 0.15) is 6.54 Å². The van der Waals surface area contributed by atoms with Crippen molar-refractivity contribution in [2.24, 2.45) is 5.10 Å². The first-order chi connectivity index (χ1) is 14.4. The Balaban J connectivity index is 1.57. The quantitative estimate of drug-likeness (QED) is 0.612. The molecule has 0 aliphatic carbocycles. The van der Waals surface area contributed by atoms with E-state index in [4.69, 9.17) is 23.2 Å². The zero-order valence-electron chi connectivity index (χ0n) is 16.2. The van der Waals surface area contributed by atoms with Crippen LogP contribution in [0.25, 0.3) is 10.9 Å². The highest BCUT2D eigenvalue weighted by molar-refractivity contribution is 6.43. The largest absolute Gasteiger partial charge is 0.356 e. The SMILES string of the molecule is C[C@@]12C(=O)N(/N=C\c3cccc(Cl)c3Cl)CC(=O)N1CCc1c2[nH]c2ccccc12. The first-order valence-corrected chi connectivity index (χ1v) is 10.4. The molecule has 3 heterocycles. The number of carbonyl (C=O) groups excluding carboxylic acids is 2. The third-order valence-electron chi connectivity index (χ3n) is 5.98. The number of hydrazone groups is 1. The van der Waals surface area contributed by atoms with Gasteiger partial charge < -0.3 is 9.88 Å². The number of hydrogen-bond acceptors (Lipinski definition) is 3. The summed E-state index contributed by atoms with van der Waals surface area (Å²) in [7, 11) is 0. The number of nitrogens with one attached hydrogen (secondary N) is 1. The lowest BCUT2D eigenvalue weighted by atomic mass is 9.83. The monoisotopic (exact) mass is 440 g/mol. The summed E-state index contributed by atoms with van der Waals surface area (Å²) in [6.45, 7) is 2.17. The molecule has 1 fully saturated rings. The minimum atomic E-state index is -1.14. The molecular weight excluding hydrogens is 423 g/mol. The summed E-state index contributed by atoms with van der Waals surface area (Å²) in [5.41, 5.74) is 2.23. The van der Waals surface area contributed by atoms with Crippen LogP contribution >= 0.6 is 23.2 Å². The summed E-state index contributed by atoms with van der Waals surface area (Å²) >= 11 is 12.3. The van der Waals surface area contributed by atoms with Crippen molar-refractivity contribution >= 4 is 52.1 Å². The van der Waals surface area contributed by atoms with Crippen LogP contribution in [-0.4, -0.2) is 46.0 Å². The standard InChI is InChI=1S/C22H18Cl2N4O2/c1-22-20-15(14-6-2-3-8-17(14)26-20)9-10-27(22)18(29)12-28(21(22)30)25-11-13-5-4-7-16(23)19(13)24/h2-8,11,26H,9-10,12H2,1H3/b25-11-/t22-/m1/s1. The van der Waals surface area contributed by atoms with Gasteiger partial charge in [-0.2, -0.15) is 5.10 Å². The number of aromatic nitrogens is 1. The molecule has 0 spiro atoms. The van der Waals surface area contributed by atoms with Crippen LogP contribution in [0.3, 0.4) is 0 Å². The lowest BCUT2D eigenvalue weighted by Crippen LogP contribution is -2.65. The van der Waals surface area contributed by atoms with Gasteiger partial charge in [-0.25, -0.2) is 5.01 Å². The van der Waals surface area contributed by atoms with Crippen LogP contribution in [-0.2, 0) is 21.5 Å². The number of hydrogen-bond donors (Lipinski definition) is 1. The van der Waals surface area contributed by atoms with Crippen LogP contribution in [0.2, 0.25) is 10.0 Å². The van der Waals surface area contributed by atoms with Crippen LogP contribution in [0.4, 0.5) is 0 Å². The van der Waals surface area contributed by atoms with Crippen LogP contribution in [0.15, 0.2) is 47.6 Å². The lowest BCUT2D eigenvalue weighted by Gasteiger charge is -2.48. The smallest absolute Gasteiger partial charge is 0.275 e. The summed E-state index contributed by atoms with van der Waals surface area (Å²) in [6.07, 6.45) is 2.17. The van der Waals surface area contributed by atoms with E-state index in [0.29, 0.717) is 28.6 Å². The zero-order chi connectivity index (χ0) is 21.0. The highest BCUT2D eigenvalue weighted by Crippen LogP contribution is 2.42. The molecule has 1 atom stereocenters. The van der Waals surface area contributed by atoms with Crippen molar-refractivity contribution in [2.75, 3.05) is 13.1 Å². The maximum atomic E-state index is 13.6. The second-order valence-corrected chi connectivity index (χ2v) is 8.43. The molecule has 0 saturated carbocycles. The second-order valence-electron chi connectivity index (χ2n) is 7.64. The number of amides is 2. The predicted octanol–water partition coefficient (Wildman–Crippen LogP) is 3.95. The number of aromatic amines is 1. The Kier molecular flexibility index (Phi) is 4.38. The Morgan fingerprint density at radius 2 is 1.93 bits per heavy atom. The molecule has 1 aromatic heterocycles. The number of fused-ring (bicyclic) bond motifs is 5. The average molecular weight is 441 g/mol. The van der Waals surface area contributed by atoms with Crippen molar-refractivity contribution in [1.82, 2.24) is 14.9 Å². The molecule has 2 aliphatic heterocycles. The summed E-state index contributed by atoms with van der Waals surface area (Å²) in [4.78, 5) is 31.6. The molecule has 30 heavy (non-hydrogen) atoms. The molecule has 0 radical (unpaired) electrons. The molecule has 0 unspecified atom stereocenters. The Morgan fingerprint density at radius 3 is 2.77 bits per heavy atom. The van der Waals surface area contributed by atoms with Gasteiger partial charge in [-0.15, -0.1) is 0 Å². The van der Waals surface area contributed by atoms with Gasteiger partial charge in [0.2, 0.25) is 5.91 Å². The highest BCUT2D eigenvalue weighted by atomic mass is 35.5. The van der Waals surface area contributed by atoms with Gasteiger partial charge in [0.25, 0.3) is 5.91 Å². The Bertz CT molecular complexity index is 1240. The van der Waals surface area contributed by atoms with Gasteiger partial charge in [0, 0.05) is 23.0 Å². The fraction of sp³-hybridized carbons (Fsp3) is 0.227. The van der Waals surface area contributed by atoms with Crippen LogP contribution in [0, 0.1) is 0 Å². The minimum Gasteiger partial charge on any atom is -0.356 e. The summed E-state index contributed by atoms with van der Waals surface area (Å²) in [6, 6.07) is 13.1. The van der Waals surface area contributed by atoms with E-state index in [1.165, 1.54) is 11.2 Å². The summed E-state index contributed by atoms with van der Waals surface area (Å²) < 4.78 is 0. The van der Waals surface area contributed by atoms with E-state index in [1.54, 1.807) is 30.0 Å².